The first-order valence-corrected chi connectivity index (χ1v) is 6.75. The molecule has 0 aliphatic heterocycles. The van der Waals surface area contributed by atoms with E-state index in [1.807, 2.05) is 25.1 Å². The first kappa shape index (κ1) is 14.8. The standard InChI is InChI=1S/C16H18N4O/c1-3-13-9-12(5-4-8-17)6-7-14(13)19-16(21)15-10-18-11-20(15)2/h6-7,9-11H,3,8,17H2,1-2H3,(H,19,21). The van der Waals surface area contributed by atoms with Crippen LogP contribution in [0, 0.1) is 11.8 Å². The second-order valence-electron chi connectivity index (χ2n) is 4.58. The number of rotatable bonds is 3. The fourth-order valence-electron chi connectivity index (χ4n) is 2.00. The number of aromatic nitrogens is 2. The van der Waals surface area contributed by atoms with Crippen LogP contribution in [0.15, 0.2) is 30.7 Å². The van der Waals surface area contributed by atoms with E-state index in [0.717, 1.165) is 23.2 Å². The number of carbonyl (C=O) groups is 1. The molecule has 0 saturated heterocycles. The largest absolute Gasteiger partial charge is 0.330 e. The van der Waals surface area contributed by atoms with Crippen LogP contribution < -0.4 is 11.1 Å². The Morgan fingerprint density at radius 1 is 1.48 bits per heavy atom. The zero-order chi connectivity index (χ0) is 15.2. The van der Waals surface area contributed by atoms with Gasteiger partial charge >= 0.3 is 0 Å². The summed E-state index contributed by atoms with van der Waals surface area (Å²) in [5.41, 5.74) is 8.62. The van der Waals surface area contributed by atoms with Crippen LogP contribution in [0.5, 0.6) is 0 Å². The number of hydrogen-bond donors (Lipinski definition) is 2. The lowest BCUT2D eigenvalue weighted by atomic mass is 10.1. The average molecular weight is 282 g/mol. The van der Waals surface area contributed by atoms with Gasteiger partial charge in [0.25, 0.3) is 5.91 Å². The molecule has 0 aliphatic rings. The van der Waals surface area contributed by atoms with Crippen LogP contribution in [0.3, 0.4) is 0 Å². The predicted octanol–water partition coefficient (Wildman–Crippen LogP) is 1.55. The normalized spacial score (nSPS) is 9.86. The fourth-order valence-corrected chi connectivity index (χ4v) is 2.00. The minimum atomic E-state index is -0.175. The molecule has 1 heterocycles. The number of nitrogens with two attached hydrogens (primary N) is 1. The van der Waals surface area contributed by atoms with Crippen molar-refractivity contribution in [1.29, 1.82) is 0 Å². The van der Waals surface area contributed by atoms with Gasteiger partial charge in [-0.15, -0.1) is 0 Å². The molecule has 0 fully saturated rings. The van der Waals surface area contributed by atoms with Crippen LogP contribution in [0.1, 0.15) is 28.5 Å². The summed E-state index contributed by atoms with van der Waals surface area (Å²) in [6.45, 7) is 2.37. The smallest absolute Gasteiger partial charge is 0.273 e. The Morgan fingerprint density at radius 3 is 2.90 bits per heavy atom. The lowest BCUT2D eigenvalue weighted by Crippen LogP contribution is -2.16. The molecular weight excluding hydrogens is 264 g/mol. The minimum absolute atomic E-state index is 0.175. The number of nitrogens with zero attached hydrogens (tertiary/aromatic N) is 2. The number of imidazole rings is 1. The van der Waals surface area contributed by atoms with E-state index < -0.39 is 0 Å². The van der Waals surface area contributed by atoms with Gasteiger partial charge in [-0.3, -0.25) is 4.79 Å². The van der Waals surface area contributed by atoms with Crippen molar-refractivity contribution in [3.8, 4) is 11.8 Å². The molecule has 2 rings (SSSR count). The van der Waals surface area contributed by atoms with E-state index in [4.69, 9.17) is 5.73 Å². The second-order valence-corrected chi connectivity index (χ2v) is 4.58. The lowest BCUT2D eigenvalue weighted by molar-refractivity contribution is 0.101. The number of nitrogens with one attached hydrogen (secondary N) is 1. The van der Waals surface area contributed by atoms with E-state index in [1.54, 1.807) is 24.1 Å². The van der Waals surface area contributed by atoms with Crippen LogP contribution in [0.2, 0.25) is 0 Å². The Kier molecular flexibility index (Phi) is 4.75. The van der Waals surface area contributed by atoms with Crippen molar-refractivity contribution in [3.05, 3.63) is 47.5 Å². The van der Waals surface area contributed by atoms with Gasteiger partial charge in [0.2, 0.25) is 0 Å². The Morgan fingerprint density at radius 2 is 2.29 bits per heavy atom. The van der Waals surface area contributed by atoms with Gasteiger partial charge < -0.3 is 15.6 Å². The van der Waals surface area contributed by atoms with Crippen molar-refractivity contribution in [2.45, 2.75) is 13.3 Å². The number of benzene rings is 1. The maximum Gasteiger partial charge on any atom is 0.273 e. The van der Waals surface area contributed by atoms with Gasteiger partial charge in [-0.05, 0) is 30.2 Å². The van der Waals surface area contributed by atoms with Crippen molar-refractivity contribution >= 4 is 11.6 Å². The van der Waals surface area contributed by atoms with Gasteiger partial charge in [-0.2, -0.15) is 0 Å². The van der Waals surface area contributed by atoms with Crippen molar-refractivity contribution in [2.75, 3.05) is 11.9 Å². The van der Waals surface area contributed by atoms with Crippen molar-refractivity contribution in [3.63, 3.8) is 0 Å². The summed E-state index contributed by atoms with van der Waals surface area (Å²) in [4.78, 5) is 16.2. The molecule has 5 nitrogen and oxygen atoms in total. The molecule has 0 spiro atoms. The van der Waals surface area contributed by atoms with Crippen molar-refractivity contribution < 1.29 is 4.79 Å². The Bertz CT molecular complexity index is 707. The fraction of sp³-hybridized carbons (Fsp3) is 0.250. The summed E-state index contributed by atoms with van der Waals surface area (Å²) in [6, 6.07) is 5.72. The molecule has 108 valence electrons. The number of amides is 1. The highest BCUT2D eigenvalue weighted by atomic mass is 16.2. The molecule has 1 amide bonds. The van der Waals surface area contributed by atoms with E-state index in [0.29, 0.717) is 12.2 Å². The average Bonchev–Trinajstić information content (AvgIpc) is 2.92. The molecule has 0 atom stereocenters. The number of carbonyl (C=O) groups excluding carboxylic acids is 1. The van der Waals surface area contributed by atoms with Gasteiger partial charge in [0.1, 0.15) is 5.69 Å². The van der Waals surface area contributed by atoms with Crippen molar-refractivity contribution in [2.24, 2.45) is 12.8 Å². The summed E-state index contributed by atoms with van der Waals surface area (Å²) >= 11 is 0. The quantitative estimate of drug-likeness (QED) is 0.839. The van der Waals surface area contributed by atoms with E-state index in [9.17, 15) is 4.79 Å². The highest BCUT2D eigenvalue weighted by molar-refractivity contribution is 6.03. The van der Waals surface area contributed by atoms with Crippen LogP contribution in [0.4, 0.5) is 5.69 Å². The summed E-state index contributed by atoms with van der Waals surface area (Å²) in [5, 5.41) is 2.92. The molecule has 0 unspecified atom stereocenters. The lowest BCUT2D eigenvalue weighted by Gasteiger charge is -2.10. The molecule has 3 N–H and O–H groups in total. The topological polar surface area (TPSA) is 72.9 Å². The second kappa shape index (κ2) is 6.73. The third kappa shape index (κ3) is 3.50. The maximum absolute atomic E-state index is 12.2. The molecule has 0 bridgehead atoms. The first-order chi connectivity index (χ1) is 10.2. The van der Waals surface area contributed by atoms with Crippen LogP contribution in [-0.2, 0) is 13.5 Å². The van der Waals surface area contributed by atoms with E-state index in [-0.39, 0.29) is 5.91 Å². The summed E-state index contributed by atoms with van der Waals surface area (Å²) in [5.74, 6) is 5.64. The molecule has 0 radical (unpaired) electrons. The monoisotopic (exact) mass is 282 g/mol. The first-order valence-electron chi connectivity index (χ1n) is 6.75. The molecule has 5 heteroatoms. The third-order valence-electron chi connectivity index (χ3n) is 3.12. The summed E-state index contributed by atoms with van der Waals surface area (Å²) in [7, 11) is 1.79. The van der Waals surface area contributed by atoms with E-state index >= 15 is 0 Å². The molecular formula is C16H18N4O. The Labute approximate surface area is 124 Å². The highest BCUT2D eigenvalue weighted by Crippen LogP contribution is 2.19. The molecule has 1 aromatic carbocycles. The van der Waals surface area contributed by atoms with Crippen LogP contribution in [-0.4, -0.2) is 22.0 Å². The summed E-state index contributed by atoms with van der Waals surface area (Å²) < 4.78 is 1.68. The van der Waals surface area contributed by atoms with Gasteiger partial charge in [-0.25, -0.2) is 4.98 Å². The van der Waals surface area contributed by atoms with Crippen LogP contribution in [0.25, 0.3) is 0 Å². The SMILES string of the molecule is CCc1cc(C#CCN)ccc1NC(=O)c1cncn1C. The summed E-state index contributed by atoms with van der Waals surface area (Å²) in [6.07, 6.45) is 3.95. The van der Waals surface area contributed by atoms with E-state index in [1.165, 1.54) is 0 Å². The van der Waals surface area contributed by atoms with Crippen molar-refractivity contribution in [1.82, 2.24) is 9.55 Å². The number of anilines is 1. The maximum atomic E-state index is 12.2. The molecule has 1 aromatic heterocycles. The predicted molar refractivity (Wildman–Crippen MR) is 82.9 cm³/mol. The third-order valence-corrected chi connectivity index (χ3v) is 3.12. The highest BCUT2D eigenvalue weighted by Gasteiger charge is 2.11. The van der Waals surface area contributed by atoms with Gasteiger partial charge in [0, 0.05) is 18.3 Å². The zero-order valence-electron chi connectivity index (χ0n) is 12.2. The molecule has 0 saturated carbocycles. The molecule has 2 aromatic rings. The van der Waals surface area contributed by atoms with Crippen LogP contribution >= 0.6 is 0 Å². The molecule has 0 aliphatic carbocycles. The Balaban J connectivity index is 2.24. The van der Waals surface area contributed by atoms with Gasteiger partial charge in [0.05, 0.1) is 19.1 Å². The van der Waals surface area contributed by atoms with Gasteiger partial charge in [-0.1, -0.05) is 18.8 Å². The molecule has 21 heavy (non-hydrogen) atoms. The Hall–Kier alpha value is -2.58. The van der Waals surface area contributed by atoms with Gasteiger partial charge in [0.15, 0.2) is 0 Å². The minimum Gasteiger partial charge on any atom is -0.330 e. The zero-order valence-corrected chi connectivity index (χ0v) is 12.2. The number of hydrogen-bond acceptors (Lipinski definition) is 3. The van der Waals surface area contributed by atoms with E-state index in [2.05, 4.69) is 22.1 Å². The number of aryl methyl sites for hydroxylation is 2.